The molecule has 0 fully saturated rings. The molecule has 0 aliphatic carbocycles. The molecule has 1 aromatic carbocycles. The number of esters is 1. The fraction of sp³-hybridized carbons (Fsp3) is 0.286. The largest absolute Gasteiger partial charge is 0.456 e. The van der Waals surface area contributed by atoms with Crippen molar-refractivity contribution in [3.05, 3.63) is 29.8 Å². The number of carbonyl (C=O) groups is 1. The minimum Gasteiger partial charge on any atom is -0.456 e. The zero-order valence-corrected chi connectivity index (χ0v) is 10.2. The first-order chi connectivity index (χ1) is 7.90. The molecular weight excluding hydrogens is 214 g/mol. The minimum atomic E-state index is -0.504. The Morgan fingerprint density at radius 1 is 1.35 bits per heavy atom. The van der Waals surface area contributed by atoms with E-state index in [4.69, 9.17) is 11.2 Å². The molecule has 3 nitrogen and oxygen atoms in total. The van der Waals surface area contributed by atoms with Gasteiger partial charge >= 0.3 is 5.97 Å². The van der Waals surface area contributed by atoms with Gasteiger partial charge in [-0.1, -0.05) is 5.92 Å². The summed E-state index contributed by atoms with van der Waals surface area (Å²) in [6.45, 7) is 5.42. The summed E-state index contributed by atoms with van der Waals surface area (Å²) >= 11 is 0. The van der Waals surface area contributed by atoms with Crippen LogP contribution in [0.3, 0.4) is 0 Å². The van der Waals surface area contributed by atoms with Gasteiger partial charge < -0.3 is 4.74 Å². The molecule has 0 radical (unpaired) electrons. The van der Waals surface area contributed by atoms with Crippen molar-refractivity contribution in [3.63, 3.8) is 0 Å². The van der Waals surface area contributed by atoms with Crippen LogP contribution in [0.4, 0.5) is 5.69 Å². The average molecular weight is 229 g/mol. The lowest BCUT2D eigenvalue weighted by Gasteiger charge is -2.17. The van der Waals surface area contributed by atoms with E-state index >= 15 is 0 Å². The fourth-order valence-electron chi connectivity index (χ4n) is 1.10. The summed E-state index contributed by atoms with van der Waals surface area (Å²) in [5, 5.41) is 0. The maximum Gasteiger partial charge on any atom is 0.349 e. The van der Waals surface area contributed by atoms with Crippen molar-refractivity contribution >= 4 is 17.9 Å². The van der Waals surface area contributed by atoms with E-state index in [9.17, 15) is 4.79 Å². The lowest BCUT2D eigenvalue weighted by atomic mass is 10.2. The van der Waals surface area contributed by atoms with Gasteiger partial charge in [0, 0.05) is 5.56 Å². The molecule has 88 valence electrons. The molecule has 0 amide bonds. The first kappa shape index (κ1) is 13.0. The highest BCUT2D eigenvalue weighted by molar-refractivity contribution is 6.23. The number of hydrogen-bond acceptors (Lipinski definition) is 3. The molecule has 17 heavy (non-hydrogen) atoms. The number of ether oxygens (including phenoxy) is 1. The Labute approximate surface area is 102 Å². The molecule has 3 heteroatoms. The van der Waals surface area contributed by atoms with Gasteiger partial charge in [0.2, 0.25) is 0 Å². The predicted molar refractivity (Wildman–Crippen MR) is 68.4 cm³/mol. The van der Waals surface area contributed by atoms with Crippen molar-refractivity contribution in [1.29, 1.82) is 0 Å². The molecule has 0 aliphatic heterocycles. The van der Waals surface area contributed by atoms with E-state index < -0.39 is 11.6 Å². The number of aliphatic imine (C=N–C) groups is 1. The van der Waals surface area contributed by atoms with Gasteiger partial charge in [-0.3, -0.25) is 0 Å². The zero-order chi connectivity index (χ0) is 12.9. The van der Waals surface area contributed by atoms with E-state index in [0.29, 0.717) is 5.69 Å². The summed E-state index contributed by atoms with van der Waals surface area (Å²) in [5.41, 5.74) is 0.937. The standard InChI is InChI=1S/C14H15NO2/c1-5-11-6-8-12(9-7-11)15-10-13(16)17-14(2,3)4/h1,6-10H,2-4H3. The highest BCUT2D eigenvalue weighted by Gasteiger charge is 2.14. The van der Waals surface area contributed by atoms with Crippen molar-refractivity contribution in [2.75, 3.05) is 0 Å². The third kappa shape index (κ3) is 4.98. The maximum absolute atomic E-state index is 11.4. The molecule has 0 saturated heterocycles. The van der Waals surface area contributed by atoms with Crippen LogP contribution in [0.15, 0.2) is 29.3 Å². The molecule has 0 aliphatic rings. The molecule has 0 N–H and O–H groups in total. The fourth-order valence-corrected chi connectivity index (χ4v) is 1.10. The van der Waals surface area contributed by atoms with Gasteiger partial charge in [-0.15, -0.1) is 6.42 Å². The van der Waals surface area contributed by atoms with Gasteiger partial charge in [-0.25, -0.2) is 9.79 Å². The Bertz CT molecular complexity index is 458. The number of nitrogens with zero attached hydrogens (tertiary/aromatic N) is 1. The van der Waals surface area contributed by atoms with Crippen LogP contribution in [0.1, 0.15) is 26.3 Å². The van der Waals surface area contributed by atoms with Crippen molar-refractivity contribution < 1.29 is 9.53 Å². The number of carbonyl (C=O) groups excluding carboxylic acids is 1. The normalized spacial score (nSPS) is 11.2. The maximum atomic E-state index is 11.4. The van der Waals surface area contributed by atoms with E-state index in [1.807, 2.05) is 0 Å². The van der Waals surface area contributed by atoms with Gasteiger partial charge in [-0.2, -0.15) is 0 Å². The molecular formula is C14H15NO2. The van der Waals surface area contributed by atoms with Gasteiger partial charge in [0.15, 0.2) is 0 Å². The van der Waals surface area contributed by atoms with Crippen molar-refractivity contribution in [2.24, 2.45) is 4.99 Å². The second-order valence-electron chi connectivity index (χ2n) is 4.48. The van der Waals surface area contributed by atoms with Crippen LogP contribution in [0, 0.1) is 12.3 Å². The van der Waals surface area contributed by atoms with Crippen LogP contribution >= 0.6 is 0 Å². The van der Waals surface area contributed by atoms with E-state index in [-0.39, 0.29) is 0 Å². The second kappa shape index (κ2) is 5.31. The van der Waals surface area contributed by atoms with E-state index in [1.54, 1.807) is 45.0 Å². The summed E-state index contributed by atoms with van der Waals surface area (Å²) < 4.78 is 5.08. The van der Waals surface area contributed by atoms with E-state index in [0.717, 1.165) is 11.8 Å². The number of benzene rings is 1. The van der Waals surface area contributed by atoms with E-state index in [1.165, 1.54) is 0 Å². The van der Waals surface area contributed by atoms with Gasteiger partial charge in [-0.05, 0) is 45.0 Å². The molecule has 0 heterocycles. The first-order valence-electron chi connectivity index (χ1n) is 5.24. The Morgan fingerprint density at radius 3 is 2.41 bits per heavy atom. The number of rotatable bonds is 2. The Morgan fingerprint density at radius 2 is 1.94 bits per heavy atom. The van der Waals surface area contributed by atoms with E-state index in [2.05, 4.69) is 10.9 Å². The van der Waals surface area contributed by atoms with Crippen LogP contribution in [-0.4, -0.2) is 17.8 Å². The summed E-state index contributed by atoms with van der Waals surface area (Å²) in [6.07, 6.45) is 6.39. The minimum absolute atomic E-state index is 0.460. The predicted octanol–water partition coefficient (Wildman–Crippen LogP) is 2.71. The molecule has 0 bridgehead atoms. The molecule has 0 unspecified atom stereocenters. The third-order valence-corrected chi connectivity index (χ3v) is 1.76. The monoisotopic (exact) mass is 229 g/mol. The quantitative estimate of drug-likeness (QED) is 0.444. The first-order valence-corrected chi connectivity index (χ1v) is 5.24. The summed E-state index contributed by atoms with van der Waals surface area (Å²) in [4.78, 5) is 15.3. The van der Waals surface area contributed by atoms with Gasteiger partial charge in [0.1, 0.15) is 11.8 Å². The lowest BCUT2D eigenvalue weighted by Crippen LogP contribution is -2.24. The lowest BCUT2D eigenvalue weighted by molar-refractivity contribution is -0.145. The Hall–Kier alpha value is -2.08. The second-order valence-corrected chi connectivity index (χ2v) is 4.48. The van der Waals surface area contributed by atoms with Crippen molar-refractivity contribution in [2.45, 2.75) is 26.4 Å². The van der Waals surface area contributed by atoms with Crippen molar-refractivity contribution in [1.82, 2.24) is 0 Å². The molecule has 1 aromatic rings. The Kier molecular flexibility index (Phi) is 4.06. The molecule has 0 atom stereocenters. The van der Waals surface area contributed by atoms with Crippen LogP contribution < -0.4 is 0 Å². The van der Waals surface area contributed by atoms with Gasteiger partial charge in [0.25, 0.3) is 0 Å². The van der Waals surface area contributed by atoms with Crippen LogP contribution in [0.5, 0.6) is 0 Å². The van der Waals surface area contributed by atoms with Crippen LogP contribution in [0.25, 0.3) is 0 Å². The summed E-state index contributed by atoms with van der Waals surface area (Å²) in [5.74, 6) is 2.05. The number of terminal acetylenes is 1. The molecule has 1 rings (SSSR count). The van der Waals surface area contributed by atoms with Gasteiger partial charge in [0.05, 0.1) is 5.69 Å². The topological polar surface area (TPSA) is 38.7 Å². The number of hydrogen-bond donors (Lipinski definition) is 0. The highest BCUT2D eigenvalue weighted by atomic mass is 16.6. The highest BCUT2D eigenvalue weighted by Crippen LogP contribution is 2.12. The Balaban J connectivity index is 2.65. The molecule has 0 saturated carbocycles. The summed E-state index contributed by atoms with van der Waals surface area (Å²) in [7, 11) is 0. The smallest absolute Gasteiger partial charge is 0.349 e. The average Bonchev–Trinajstić information content (AvgIpc) is 2.25. The van der Waals surface area contributed by atoms with Crippen molar-refractivity contribution in [3.8, 4) is 12.3 Å². The van der Waals surface area contributed by atoms with Crippen LogP contribution in [0.2, 0.25) is 0 Å². The SMILES string of the molecule is C#Cc1ccc(N=CC(=O)OC(C)(C)C)cc1. The zero-order valence-electron chi connectivity index (χ0n) is 10.2. The third-order valence-electron chi connectivity index (χ3n) is 1.76. The molecule has 0 aromatic heterocycles. The molecule has 0 spiro atoms. The summed E-state index contributed by atoms with van der Waals surface area (Å²) in [6, 6.07) is 7.02. The van der Waals surface area contributed by atoms with Crippen LogP contribution in [-0.2, 0) is 9.53 Å².